The van der Waals surface area contributed by atoms with E-state index >= 15 is 0 Å². The number of aliphatic hydroxyl groups excluding tert-OH is 1. The van der Waals surface area contributed by atoms with Crippen molar-refractivity contribution in [2.75, 3.05) is 6.61 Å². The van der Waals surface area contributed by atoms with Crippen LogP contribution in [-0.4, -0.2) is 34.5 Å². The summed E-state index contributed by atoms with van der Waals surface area (Å²) in [5, 5.41) is 12.3. The lowest BCUT2D eigenvalue weighted by Gasteiger charge is -2.16. The van der Waals surface area contributed by atoms with Gasteiger partial charge in [-0.3, -0.25) is 9.36 Å². The van der Waals surface area contributed by atoms with E-state index in [4.69, 9.17) is 9.84 Å². The molecule has 2 rings (SSSR count). The van der Waals surface area contributed by atoms with E-state index in [1.165, 1.54) is 11.5 Å². The molecular weight excluding hydrogens is 248 g/mol. The summed E-state index contributed by atoms with van der Waals surface area (Å²) >= 11 is 0. The van der Waals surface area contributed by atoms with E-state index in [1.807, 2.05) is 18.2 Å². The highest BCUT2D eigenvalue weighted by Gasteiger charge is 2.16. The van der Waals surface area contributed by atoms with Crippen LogP contribution >= 0.6 is 0 Å². The van der Waals surface area contributed by atoms with E-state index in [2.05, 4.69) is 5.32 Å². The Labute approximate surface area is 109 Å². The largest absolute Gasteiger partial charge is 0.422 e. The average Bonchev–Trinajstić information content (AvgIpc) is 2.81. The molecule has 0 saturated carbocycles. The summed E-state index contributed by atoms with van der Waals surface area (Å²) in [4.78, 5) is 22.8. The first kappa shape index (κ1) is 13.1. The number of amides is 1. The molecule has 0 bridgehead atoms. The molecule has 0 aliphatic rings. The number of carbonyl (C=O) groups is 2. The number of para-hydroxylation sites is 1. The minimum atomic E-state index is -1.05. The first-order valence-corrected chi connectivity index (χ1v) is 5.77. The minimum Gasteiger partial charge on any atom is -0.422 e. The Balaban J connectivity index is 2.17. The predicted molar refractivity (Wildman–Crippen MR) is 68.5 cm³/mol. The van der Waals surface area contributed by atoms with Crippen LogP contribution < -0.4 is 5.32 Å². The zero-order valence-electron chi connectivity index (χ0n) is 10.4. The summed E-state index contributed by atoms with van der Waals surface area (Å²) in [5.41, 5.74) is 0.701. The summed E-state index contributed by atoms with van der Waals surface area (Å²) in [5.74, 6) is -0.385. The molecule has 1 amide bonds. The van der Waals surface area contributed by atoms with Gasteiger partial charge in [0.05, 0.1) is 12.1 Å². The maximum atomic E-state index is 11.9. The van der Waals surface area contributed by atoms with Gasteiger partial charge < -0.3 is 15.2 Å². The van der Waals surface area contributed by atoms with Gasteiger partial charge in [0.2, 0.25) is 5.91 Å². The first-order valence-electron chi connectivity index (χ1n) is 5.77. The summed E-state index contributed by atoms with van der Waals surface area (Å²) in [6.07, 6.45) is -0.130. The highest BCUT2D eigenvalue weighted by atomic mass is 16.6. The van der Waals surface area contributed by atoms with Gasteiger partial charge in [0.25, 0.3) is 0 Å². The molecule has 19 heavy (non-hydrogen) atoms. The molecule has 0 fully saturated rings. The van der Waals surface area contributed by atoms with Gasteiger partial charge in [-0.25, -0.2) is 4.79 Å². The van der Waals surface area contributed by atoms with Gasteiger partial charge in [0.15, 0.2) is 6.23 Å². The molecule has 6 nitrogen and oxygen atoms in total. The number of nitrogens with zero attached hydrogens (tertiary/aromatic N) is 1. The molecule has 6 heteroatoms. The normalized spacial score (nSPS) is 12.1. The Morgan fingerprint density at radius 2 is 2.11 bits per heavy atom. The van der Waals surface area contributed by atoms with Crippen LogP contribution in [0.5, 0.6) is 0 Å². The lowest BCUT2D eigenvalue weighted by atomic mass is 10.2. The fourth-order valence-electron chi connectivity index (χ4n) is 1.76. The third kappa shape index (κ3) is 2.92. The van der Waals surface area contributed by atoms with Crippen molar-refractivity contribution in [1.82, 2.24) is 9.88 Å². The molecule has 0 aliphatic heterocycles. The highest BCUT2D eigenvalue weighted by Crippen LogP contribution is 2.15. The first-order chi connectivity index (χ1) is 9.11. The van der Waals surface area contributed by atoms with Crippen LogP contribution in [0.15, 0.2) is 36.5 Å². The number of fused-ring (bicyclic) bond motifs is 1. The van der Waals surface area contributed by atoms with Gasteiger partial charge in [0.1, 0.15) is 0 Å². The van der Waals surface area contributed by atoms with E-state index in [1.54, 1.807) is 18.3 Å². The molecule has 0 aliphatic carbocycles. The number of aliphatic hydroxyl groups is 1. The Hall–Kier alpha value is -2.34. The summed E-state index contributed by atoms with van der Waals surface area (Å²) in [6.45, 7) is 0.798. The molecule has 2 N–H and O–H groups in total. The average molecular weight is 262 g/mol. The monoisotopic (exact) mass is 262 g/mol. The molecule has 1 aromatic heterocycles. The number of nitrogens with one attached hydrogen (secondary N) is 1. The van der Waals surface area contributed by atoms with Gasteiger partial charge in [-0.1, -0.05) is 18.2 Å². The molecular formula is C13H14N2O4. The van der Waals surface area contributed by atoms with Crippen molar-refractivity contribution in [3.63, 3.8) is 0 Å². The quantitative estimate of drug-likeness (QED) is 0.811. The van der Waals surface area contributed by atoms with Crippen LogP contribution in [0.1, 0.15) is 6.92 Å². The molecule has 1 aromatic carbocycles. The summed E-state index contributed by atoms with van der Waals surface area (Å²) in [6, 6.07) is 9.11. The second kappa shape index (κ2) is 5.53. The van der Waals surface area contributed by atoms with Crippen molar-refractivity contribution in [2.24, 2.45) is 0 Å². The molecule has 1 atom stereocenters. The zero-order chi connectivity index (χ0) is 13.8. The van der Waals surface area contributed by atoms with Crippen molar-refractivity contribution >= 4 is 22.9 Å². The number of hydrogen-bond acceptors (Lipinski definition) is 4. The van der Waals surface area contributed by atoms with Crippen LogP contribution in [0, 0.1) is 0 Å². The summed E-state index contributed by atoms with van der Waals surface area (Å²) in [7, 11) is 0. The number of ether oxygens (including phenoxy) is 1. The third-order valence-electron chi connectivity index (χ3n) is 2.57. The van der Waals surface area contributed by atoms with Crippen LogP contribution in [0.25, 0.3) is 10.9 Å². The van der Waals surface area contributed by atoms with Crippen LogP contribution in [0.2, 0.25) is 0 Å². The molecule has 0 saturated heterocycles. The summed E-state index contributed by atoms with van der Waals surface area (Å²) < 4.78 is 6.32. The van der Waals surface area contributed by atoms with Crippen LogP contribution in [0.4, 0.5) is 4.79 Å². The number of hydrogen-bond donors (Lipinski definition) is 2. The van der Waals surface area contributed by atoms with E-state index in [9.17, 15) is 9.59 Å². The number of carbonyl (C=O) groups excluding carboxylic acids is 2. The molecule has 2 aromatic rings. The smallest absolute Gasteiger partial charge is 0.420 e. The Morgan fingerprint density at radius 1 is 1.37 bits per heavy atom. The van der Waals surface area contributed by atoms with Crippen LogP contribution in [-0.2, 0) is 9.53 Å². The van der Waals surface area contributed by atoms with Crippen molar-refractivity contribution in [1.29, 1.82) is 0 Å². The fourth-order valence-corrected chi connectivity index (χ4v) is 1.76. The highest BCUT2D eigenvalue weighted by molar-refractivity contribution is 5.89. The van der Waals surface area contributed by atoms with Crippen molar-refractivity contribution < 1.29 is 19.4 Å². The number of benzene rings is 1. The lowest BCUT2D eigenvalue weighted by Crippen LogP contribution is -2.40. The molecule has 100 valence electrons. The van der Waals surface area contributed by atoms with Crippen LogP contribution in [0.3, 0.4) is 0 Å². The number of aromatic nitrogens is 1. The Bertz CT molecular complexity index is 605. The predicted octanol–water partition coefficient (Wildman–Crippen LogP) is 1.08. The van der Waals surface area contributed by atoms with Gasteiger partial charge in [0, 0.05) is 18.5 Å². The van der Waals surface area contributed by atoms with E-state index in [-0.39, 0.29) is 5.91 Å². The van der Waals surface area contributed by atoms with Gasteiger partial charge in [-0.15, -0.1) is 0 Å². The molecule has 0 spiro atoms. The van der Waals surface area contributed by atoms with Crippen molar-refractivity contribution in [3.8, 4) is 0 Å². The fraction of sp³-hybridized carbons (Fsp3) is 0.231. The van der Waals surface area contributed by atoms with Crippen molar-refractivity contribution in [2.45, 2.75) is 13.2 Å². The Morgan fingerprint density at radius 3 is 2.79 bits per heavy atom. The van der Waals surface area contributed by atoms with Crippen molar-refractivity contribution in [3.05, 3.63) is 36.5 Å². The zero-order valence-corrected chi connectivity index (χ0v) is 10.4. The maximum Gasteiger partial charge on any atom is 0.420 e. The maximum absolute atomic E-state index is 11.9. The number of rotatable bonds is 3. The lowest BCUT2D eigenvalue weighted by molar-refractivity contribution is -0.122. The topological polar surface area (TPSA) is 80.6 Å². The second-order valence-corrected chi connectivity index (χ2v) is 4.00. The standard InChI is InChI=1S/C13H14N2O4/c1-9(17)14-12(8-16)19-13(18)15-7-6-10-4-2-3-5-11(10)15/h2-7,12,16H,8H2,1H3,(H,14,17). The van der Waals surface area contributed by atoms with E-state index in [0.29, 0.717) is 5.52 Å². The Kier molecular flexibility index (Phi) is 3.82. The van der Waals surface area contributed by atoms with E-state index < -0.39 is 18.9 Å². The molecule has 1 heterocycles. The third-order valence-corrected chi connectivity index (χ3v) is 2.57. The van der Waals surface area contributed by atoms with Gasteiger partial charge in [-0.2, -0.15) is 0 Å². The van der Waals surface area contributed by atoms with Gasteiger partial charge >= 0.3 is 6.09 Å². The molecule has 1 unspecified atom stereocenters. The minimum absolute atomic E-state index is 0.385. The SMILES string of the molecule is CC(=O)NC(CO)OC(=O)n1ccc2ccccc21. The van der Waals surface area contributed by atoms with Gasteiger partial charge in [-0.05, 0) is 12.1 Å². The molecule has 0 radical (unpaired) electrons. The van der Waals surface area contributed by atoms with E-state index in [0.717, 1.165) is 5.39 Å². The second-order valence-electron chi connectivity index (χ2n) is 4.00.